The van der Waals surface area contributed by atoms with Crippen molar-refractivity contribution in [2.24, 2.45) is 0 Å². The van der Waals surface area contributed by atoms with Crippen LogP contribution >= 0.6 is 11.3 Å². The van der Waals surface area contributed by atoms with Crippen LogP contribution in [0.4, 0.5) is 0 Å². The minimum Gasteiger partial charge on any atom is -0.319 e. The Morgan fingerprint density at radius 2 is 2.00 bits per heavy atom. The van der Waals surface area contributed by atoms with E-state index in [1.807, 2.05) is 12.6 Å². The quantitative estimate of drug-likeness (QED) is 0.876. The van der Waals surface area contributed by atoms with Gasteiger partial charge in [0.05, 0.1) is 16.1 Å². The van der Waals surface area contributed by atoms with Gasteiger partial charge in [0.15, 0.2) is 0 Å². The molecule has 1 aromatic heterocycles. The van der Waals surface area contributed by atoms with Gasteiger partial charge in [0.25, 0.3) is 0 Å². The number of nitrogens with one attached hydrogen (secondary N) is 1. The van der Waals surface area contributed by atoms with Crippen LogP contribution < -0.4 is 5.32 Å². The zero-order chi connectivity index (χ0) is 11.4. The fraction of sp³-hybridized carbons (Fsp3) is 0.308. The Bertz CT molecular complexity index is 445. The molecule has 0 fully saturated rings. The number of hydrogen-bond donors (Lipinski definition) is 1. The van der Waals surface area contributed by atoms with E-state index in [0.29, 0.717) is 0 Å². The molecule has 0 saturated carbocycles. The van der Waals surface area contributed by atoms with E-state index in [-0.39, 0.29) is 0 Å². The second-order valence-electron chi connectivity index (χ2n) is 3.82. The Balaban J connectivity index is 2.16. The van der Waals surface area contributed by atoms with Crippen LogP contribution in [-0.2, 0) is 6.42 Å². The SMILES string of the molecule is CNCCc1ccc(-c2scnc2C)cc1. The maximum atomic E-state index is 4.27. The van der Waals surface area contributed by atoms with Crippen LogP contribution in [0.5, 0.6) is 0 Å². The second kappa shape index (κ2) is 5.23. The van der Waals surface area contributed by atoms with Crippen LogP contribution in [0.15, 0.2) is 29.8 Å². The third-order valence-electron chi connectivity index (χ3n) is 2.63. The molecule has 2 rings (SSSR count). The maximum absolute atomic E-state index is 4.27. The molecule has 16 heavy (non-hydrogen) atoms. The first-order valence-electron chi connectivity index (χ1n) is 5.45. The molecule has 0 atom stereocenters. The standard InChI is InChI=1S/C13H16N2S/c1-10-13(16-9-15-10)12-5-3-11(4-6-12)7-8-14-2/h3-6,9,14H,7-8H2,1-2H3. The topological polar surface area (TPSA) is 24.9 Å². The van der Waals surface area contributed by atoms with Crippen molar-refractivity contribution in [3.05, 3.63) is 41.0 Å². The minimum absolute atomic E-state index is 1.03. The van der Waals surface area contributed by atoms with Crippen LogP contribution in [0.1, 0.15) is 11.3 Å². The average molecular weight is 232 g/mol. The summed E-state index contributed by atoms with van der Waals surface area (Å²) in [5.74, 6) is 0. The highest BCUT2D eigenvalue weighted by Gasteiger charge is 2.03. The minimum atomic E-state index is 1.03. The van der Waals surface area contributed by atoms with Gasteiger partial charge >= 0.3 is 0 Å². The molecule has 1 aromatic carbocycles. The number of hydrogen-bond acceptors (Lipinski definition) is 3. The Kier molecular flexibility index (Phi) is 3.70. The summed E-state index contributed by atoms with van der Waals surface area (Å²) >= 11 is 1.70. The van der Waals surface area contributed by atoms with Crippen molar-refractivity contribution in [2.75, 3.05) is 13.6 Å². The Labute approximate surface area is 100 Å². The molecule has 3 heteroatoms. The maximum Gasteiger partial charge on any atom is 0.0801 e. The van der Waals surface area contributed by atoms with Crippen LogP contribution in [0.25, 0.3) is 10.4 Å². The zero-order valence-electron chi connectivity index (χ0n) is 9.66. The largest absolute Gasteiger partial charge is 0.319 e. The molecule has 0 amide bonds. The van der Waals surface area contributed by atoms with Gasteiger partial charge in [-0.15, -0.1) is 11.3 Å². The summed E-state index contributed by atoms with van der Waals surface area (Å²) in [4.78, 5) is 5.55. The first kappa shape index (κ1) is 11.3. The molecular weight excluding hydrogens is 216 g/mol. The Hall–Kier alpha value is -1.19. The first-order chi connectivity index (χ1) is 7.81. The molecule has 0 saturated heterocycles. The van der Waals surface area contributed by atoms with Crippen molar-refractivity contribution in [3.63, 3.8) is 0 Å². The van der Waals surface area contributed by atoms with Crippen LogP contribution in [-0.4, -0.2) is 18.6 Å². The van der Waals surface area contributed by atoms with Gasteiger partial charge in [-0.1, -0.05) is 24.3 Å². The summed E-state index contributed by atoms with van der Waals surface area (Å²) in [6, 6.07) is 8.77. The molecule has 1 heterocycles. The van der Waals surface area contributed by atoms with Crippen molar-refractivity contribution in [3.8, 4) is 10.4 Å². The Morgan fingerprint density at radius 3 is 2.56 bits per heavy atom. The lowest BCUT2D eigenvalue weighted by molar-refractivity contribution is 0.792. The van der Waals surface area contributed by atoms with Crippen molar-refractivity contribution >= 4 is 11.3 Å². The fourth-order valence-corrected chi connectivity index (χ4v) is 2.48. The molecule has 0 unspecified atom stereocenters. The molecule has 1 N–H and O–H groups in total. The van der Waals surface area contributed by atoms with Gasteiger partial charge in [-0.2, -0.15) is 0 Å². The first-order valence-corrected chi connectivity index (χ1v) is 6.33. The summed E-state index contributed by atoms with van der Waals surface area (Å²) in [7, 11) is 1.98. The zero-order valence-corrected chi connectivity index (χ0v) is 10.5. The number of aromatic nitrogens is 1. The third kappa shape index (κ3) is 2.49. The monoisotopic (exact) mass is 232 g/mol. The van der Waals surface area contributed by atoms with Crippen LogP contribution in [0.2, 0.25) is 0 Å². The highest BCUT2D eigenvalue weighted by atomic mass is 32.1. The normalized spacial score (nSPS) is 10.6. The van der Waals surface area contributed by atoms with Gasteiger partial charge in [0, 0.05) is 0 Å². The molecule has 0 bridgehead atoms. The number of aryl methyl sites for hydroxylation is 1. The van der Waals surface area contributed by atoms with Crippen molar-refractivity contribution in [2.45, 2.75) is 13.3 Å². The highest BCUT2D eigenvalue weighted by molar-refractivity contribution is 7.13. The van der Waals surface area contributed by atoms with Gasteiger partial charge in [-0.3, -0.25) is 0 Å². The molecule has 2 nitrogen and oxygen atoms in total. The van der Waals surface area contributed by atoms with Gasteiger partial charge in [0.2, 0.25) is 0 Å². The van der Waals surface area contributed by atoms with Gasteiger partial charge in [-0.05, 0) is 38.1 Å². The molecule has 2 aromatic rings. The van der Waals surface area contributed by atoms with E-state index < -0.39 is 0 Å². The average Bonchev–Trinajstić information content (AvgIpc) is 2.74. The highest BCUT2D eigenvalue weighted by Crippen LogP contribution is 2.27. The van der Waals surface area contributed by atoms with E-state index in [2.05, 4.69) is 41.5 Å². The van der Waals surface area contributed by atoms with E-state index in [0.717, 1.165) is 18.7 Å². The number of likely N-dealkylation sites (N-methyl/N-ethyl adjacent to an activating group) is 1. The van der Waals surface area contributed by atoms with Crippen LogP contribution in [0, 0.1) is 6.92 Å². The smallest absolute Gasteiger partial charge is 0.0801 e. The lowest BCUT2D eigenvalue weighted by atomic mass is 10.1. The number of nitrogens with zero attached hydrogens (tertiary/aromatic N) is 1. The summed E-state index contributed by atoms with van der Waals surface area (Å²) in [6.07, 6.45) is 1.08. The lowest BCUT2D eigenvalue weighted by Gasteiger charge is -2.03. The molecule has 0 aliphatic heterocycles. The molecule has 0 radical (unpaired) electrons. The van der Waals surface area contributed by atoms with Crippen molar-refractivity contribution < 1.29 is 0 Å². The molecule has 84 valence electrons. The van der Waals surface area contributed by atoms with E-state index >= 15 is 0 Å². The number of thiazole rings is 1. The van der Waals surface area contributed by atoms with Crippen LogP contribution in [0.3, 0.4) is 0 Å². The number of benzene rings is 1. The predicted octanol–water partition coefficient (Wildman–Crippen LogP) is 2.88. The summed E-state index contributed by atoms with van der Waals surface area (Å²) < 4.78 is 0. The molecule has 0 aliphatic carbocycles. The molecular formula is C13H16N2S. The van der Waals surface area contributed by atoms with E-state index in [9.17, 15) is 0 Å². The van der Waals surface area contributed by atoms with E-state index in [4.69, 9.17) is 0 Å². The molecule has 0 aliphatic rings. The third-order valence-corrected chi connectivity index (χ3v) is 3.60. The Morgan fingerprint density at radius 1 is 1.25 bits per heavy atom. The summed E-state index contributed by atoms with van der Waals surface area (Å²) in [6.45, 7) is 3.08. The van der Waals surface area contributed by atoms with Gasteiger partial charge < -0.3 is 5.32 Å². The number of rotatable bonds is 4. The van der Waals surface area contributed by atoms with Gasteiger partial charge in [0.1, 0.15) is 0 Å². The lowest BCUT2D eigenvalue weighted by Crippen LogP contribution is -2.10. The fourth-order valence-electron chi connectivity index (χ4n) is 1.67. The molecule has 0 spiro atoms. The van der Waals surface area contributed by atoms with Gasteiger partial charge in [-0.25, -0.2) is 4.98 Å². The van der Waals surface area contributed by atoms with E-state index in [1.54, 1.807) is 11.3 Å². The predicted molar refractivity (Wildman–Crippen MR) is 69.9 cm³/mol. The van der Waals surface area contributed by atoms with Crippen molar-refractivity contribution in [1.29, 1.82) is 0 Å². The van der Waals surface area contributed by atoms with Crippen molar-refractivity contribution in [1.82, 2.24) is 10.3 Å². The summed E-state index contributed by atoms with van der Waals surface area (Å²) in [5.41, 5.74) is 5.67. The van der Waals surface area contributed by atoms with E-state index in [1.165, 1.54) is 16.0 Å². The second-order valence-corrected chi connectivity index (χ2v) is 4.67. The summed E-state index contributed by atoms with van der Waals surface area (Å²) in [5, 5.41) is 3.16.